The van der Waals surface area contributed by atoms with Gasteiger partial charge in [-0.2, -0.15) is 0 Å². The normalized spacial score (nSPS) is 17.7. The van der Waals surface area contributed by atoms with Crippen molar-refractivity contribution < 1.29 is 8.42 Å². The summed E-state index contributed by atoms with van der Waals surface area (Å²) in [5, 5.41) is 0. The molecule has 4 nitrogen and oxygen atoms in total. The second-order valence-electron chi connectivity index (χ2n) is 4.36. The van der Waals surface area contributed by atoms with E-state index in [9.17, 15) is 8.42 Å². The summed E-state index contributed by atoms with van der Waals surface area (Å²) in [6.45, 7) is 1.85. The third kappa shape index (κ3) is 3.11. The van der Waals surface area contributed by atoms with Crippen molar-refractivity contribution in [2.45, 2.75) is 30.0 Å². The molecule has 0 bridgehead atoms. The van der Waals surface area contributed by atoms with Crippen molar-refractivity contribution in [2.24, 2.45) is 11.7 Å². The molecule has 3 N–H and O–H groups in total. The van der Waals surface area contributed by atoms with Crippen LogP contribution < -0.4 is 10.5 Å². The van der Waals surface area contributed by atoms with Crippen molar-refractivity contribution in [2.75, 3.05) is 0 Å². The van der Waals surface area contributed by atoms with Crippen LogP contribution in [0.4, 0.5) is 0 Å². The van der Waals surface area contributed by atoms with Gasteiger partial charge in [0.05, 0.1) is 14.8 Å². The number of thiocarbonyl (C=S) groups is 1. The van der Waals surface area contributed by atoms with Crippen LogP contribution in [-0.2, 0) is 10.0 Å². The molecule has 1 saturated carbocycles. The van der Waals surface area contributed by atoms with E-state index in [4.69, 9.17) is 18.0 Å². The molecule has 1 aromatic rings. The third-order valence-electron chi connectivity index (χ3n) is 2.78. The Bertz CT molecular complexity index is 558. The molecule has 0 amide bonds. The van der Waals surface area contributed by atoms with Crippen LogP contribution in [0.25, 0.3) is 0 Å². The second-order valence-corrected chi connectivity index (χ2v) is 9.14. The van der Waals surface area contributed by atoms with Crippen LogP contribution in [0.2, 0.25) is 0 Å². The van der Waals surface area contributed by atoms with Gasteiger partial charge in [0.25, 0.3) is 10.0 Å². The van der Waals surface area contributed by atoms with E-state index in [1.54, 1.807) is 6.07 Å². The number of hydrogen-bond donors (Lipinski definition) is 2. The minimum absolute atomic E-state index is 0.216. The summed E-state index contributed by atoms with van der Waals surface area (Å²) < 4.78 is 28.1. The van der Waals surface area contributed by atoms with Gasteiger partial charge in [0.15, 0.2) is 0 Å². The highest BCUT2D eigenvalue weighted by atomic mass is 79.9. The molecule has 1 aliphatic rings. The van der Waals surface area contributed by atoms with Crippen LogP contribution in [0.15, 0.2) is 14.1 Å². The van der Waals surface area contributed by atoms with Gasteiger partial charge in [-0.15, -0.1) is 11.3 Å². The quantitative estimate of drug-likeness (QED) is 0.781. The standard InChI is InChI=1S/C10H13BrN2O2S3/c1-5-4-7(17-9(5)11)18(14,15)13-8(10(12)16)6-2-3-6/h4,6,8,13H,2-3H2,1H3,(H2,12,16). The first-order valence-electron chi connectivity index (χ1n) is 5.39. The first kappa shape index (κ1) is 14.4. The highest BCUT2D eigenvalue weighted by Gasteiger charge is 2.36. The fourth-order valence-electron chi connectivity index (χ4n) is 1.61. The lowest BCUT2D eigenvalue weighted by Crippen LogP contribution is -2.44. The molecule has 1 heterocycles. The van der Waals surface area contributed by atoms with Crippen molar-refractivity contribution in [3.05, 3.63) is 15.4 Å². The molecular weight excluding hydrogens is 356 g/mol. The number of halogens is 1. The fourth-order valence-corrected chi connectivity index (χ4v) is 5.46. The zero-order valence-corrected chi connectivity index (χ0v) is 13.7. The number of nitrogens with one attached hydrogen (secondary N) is 1. The van der Waals surface area contributed by atoms with Crippen LogP contribution in [0, 0.1) is 12.8 Å². The smallest absolute Gasteiger partial charge is 0.250 e. The molecule has 0 saturated heterocycles. The highest BCUT2D eigenvalue weighted by Crippen LogP contribution is 2.35. The molecule has 0 aromatic carbocycles. The minimum Gasteiger partial charge on any atom is -0.392 e. The summed E-state index contributed by atoms with van der Waals surface area (Å²) in [4.78, 5) is 0.216. The average Bonchev–Trinajstić information content (AvgIpc) is 3.03. The van der Waals surface area contributed by atoms with E-state index in [0.29, 0.717) is 0 Å². The molecule has 0 radical (unpaired) electrons. The Kier molecular flexibility index (Phi) is 4.13. The molecule has 1 unspecified atom stereocenters. The van der Waals surface area contributed by atoms with Crippen molar-refractivity contribution in [1.82, 2.24) is 4.72 Å². The van der Waals surface area contributed by atoms with Gasteiger partial charge in [-0.1, -0.05) is 12.2 Å². The Morgan fingerprint density at radius 2 is 2.28 bits per heavy atom. The molecule has 0 spiro atoms. The molecule has 18 heavy (non-hydrogen) atoms. The molecule has 8 heteroatoms. The van der Waals surface area contributed by atoms with Crippen LogP contribution in [0.5, 0.6) is 0 Å². The SMILES string of the molecule is Cc1cc(S(=O)(=O)NC(C(N)=S)C2CC2)sc1Br. The third-order valence-corrected chi connectivity index (χ3v) is 7.09. The monoisotopic (exact) mass is 368 g/mol. The molecule has 1 fully saturated rings. The lowest BCUT2D eigenvalue weighted by Gasteiger charge is -2.15. The summed E-state index contributed by atoms with van der Waals surface area (Å²) in [6.07, 6.45) is 1.94. The number of thiophene rings is 1. The minimum atomic E-state index is -3.54. The Morgan fingerprint density at radius 1 is 1.67 bits per heavy atom. The van der Waals surface area contributed by atoms with Gasteiger partial charge in [0.2, 0.25) is 0 Å². The Morgan fingerprint density at radius 3 is 2.67 bits per heavy atom. The van der Waals surface area contributed by atoms with E-state index in [-0.39, 0.29) is 15.1 Å². The van der Waals surface area contributed by atoms with Crippen molar-refractivity contribution in [3.8, 4) is 0 Å². The predicted octanol–water partition coefficient (Wildman–Crippen LogP) is 2.16. The zero-order valence-electron chi connectivity index (χ0n) is 9.64. The molecule has 1 aromatic heterocycles. The van der Waals surface area contributed by atoms with Crippen molar-refractivity contribution in [1.29, 1.82) is 0 Å². The second kappa shape index (κ2) is 5.16. The number of nitrogens with two attached hydrogens (primary N) is 1. The van der Waals surface area contributed by atoms with E-state index < -0.39 is 16.1 Å². The number of rotatable bonds is 5. The first-order valence-corrected chi connectivity index (χ1v) is 8.89. The van der Waals surface area contributed by atoms with Crippen LogP contribution in [0.3, 0.4) is 0 Å². The van der Waals surface area contributed by atoms with E-state index in [1.165, 1.54) is 11.3 Å². The van der Waals surface area contributed by atoms with Gasteiger partial charge >= 0.3 is 0 Å². The number of hydrogen-bond acceptors (Lipinski definition) is 4. The maximum atomic E-state index is 12.2. The lowest BCUT2D eigenvalue weighted by molar-refractivity contribution is 0.567. The average molecular weight is 369 g/mol. The molecule has 2 rings (SSSR count). The molecule has 0 aliphatic heterocycles. The fraction of sp³-hybridized carbons (Fsp3) is 0.500. The van der Waals surface area contributed by atoms with E-state index >= 15 is 0 Å². The summed E-state index contributed by atoms with van der Waals surface area (Å²) in [5.41, 5.74) is 6.50. The van der Waals surface area contributed by atoms with Gasteiger partial charge in [-0.25, -0.2) is 13.1 Å². The van der Waals surface area contributed by atoms with Crippen molar-refractivity contribution in [3.63, 3.8) is 0 Å². The van der Waals surface area contributed by atoms with Gasteiger partial charge in [-0.3, -0.25) is 0 Å². The predicted molar refractivity (Wildman–Crippen MR) is 80.4 cm³/mol. The van der Waals surface area contributed by atoms with E-state index in [2.05, 4.69) is 20.7 Å². The van der Waals surface area contributed by atoms with Crippen LogP contribution >= 0.6 is 39.5 Å². The first-order chi connectivity index (χ1) is 8.31. The van der Waals surface area contributed by atoms with Crippen molar-refractivity contribution >= 4 is 54.5 Å². The van der Waals surface area contributed by atoms with Gasteiger partial charge in [0, 0.05) is 0 Å². The molecule has 100 valence electrons. The van der Waals surface area contributed by atoms with Gasteiger partial charge in [-0.05, 0) is 53.2 Å². The summed E-state index contributed by atoms with van der Waals surface area (Å²) in [6, 6.07) is 1.21. The maximum Gasteiger partial charge on any atom is 0.250 e. The van der Waals surface area contributed by atoms with Gasteiger partial charge < -0.3 is 5.73 Å². The highest BCUT2D eigenvalue weighted by molar-refractivity contribution is 9.11. The van der Waals surface area contributed by atoms with E-state index in [1.807, 2.05) is 6.92 Å². The topological polar surface area (TPSA) is 72.2 Å². The van der Waals surface area contributed by atoms with Crippen LogP contribution in [0.1, 0.15) is 18.4 Å². The molecular formula is C10H13BrN2O2S3. The van der Waals surface area contributed by atoms with Gasteiger partial charge in [0.1, 0.15) is 4.21 Å². The Balaban J connectivity index is 2.23. The number of aryl methyl sites for hydroxylation is 1. The largest absolute Gasteiger partial charge is 0.392 e. The molecule has 1 atom stereocenters. The summed E-state index contributed by atoms with van der Waals surface area (Å²) in [7, 11) is -3.54. The summed E-state index contributed by atoms with van der Waals surface area (Å²) >= 11 is 9.44. The maximum absolute atomic E-state index is 12.2. The number of sulfonamides is 1. The van der Waals surface area contributed by atoms with Crippen LogP contribution in [-0.4, -0.2) is 19.4 Å². The van der Waals surface area contributed by atoms with E-state index in [0.717, 1.165) is 22.2 Å². The lowest BCUT2D eigenvalue weighted by atomic mass is 10.2. The molecule has 1 aliphatic carbocycles. The Hall–Kier alpha value is -0.0200. The zero-order chi connectivity index (χ0) is 13.5. The summed E-state index contributed by atoms with van der Waals surface area (Å²) in [5.74, 6) is 0.252. The Labute approximate surface area is 124 Å².